The van der Waals surface area contributed by atoms with E-state index in [4.69, 9.17) is 9.47 Å². The monoisotopic (exact) mass is 419 g/mol. The molecule has 0 saturated carbocycles. The summed E-state index contributed by atoms with van der Waals surface area (Å²) in [6.07, 6.45) is 2.21. The maximum Gasteiger partial charge on any atom is 0.341 e. The molecule has 0 unspecified atom stereocenters. The maximum absolute atomic E-state index is 12.9. The summed E-state index contributed by atoms with van der Waals surface area (Å²) in [4.78, 5) is 30.5. The summed E-state index contributed by atoms with van der Waals surface area (Å²) >= 11 is 0. The first kappa shape index (κ1) is 20.5. The lowest BCUT2D eigenvalue weighted by molar-refractivity contribution is -0.136. The van der Waals surface area contributed by atoms with Crippen molar-refractivity contribution >= 4 is 28.5 Å². The summed E-state index contributed by atoms with van der Waals surface area (Å²) in [5.74, 6) is 0.308. The molecule has 2 heterocycles. The van der Waals surface area contributed by atoms with Crippen molar-refractivity contribution in [2.75, 3.05) is 20.3 Å². The van der Waals surface area contributed by atoms with E-state index in [1.54, 1.807) is 25.1 Å². The van der Waals surface area contributed by atoms with Crippen molar-refractivity contribution in [3.8, 4) is 5.75 Å². The first-order valence-corrected chi connectivity index (χ1v) is 10.3. The second-order valence-electron chi connectivity index (χ2n) is 7.24. The molecule has 1 aliphatic heterocycles. The Bertz CT molecular complexity index is 1130. The molecule has 0 saturated heterocycles. The summed E-state index contributed by atoms with van der Waals surface area (Å²) in [6, 6.07) is 15.1. The van der Waals surface area contributed by atoms with Crippen LogP contribution in [-0.4, -0.2) is 42.1 Å². The molecule has 2 amide bonds. The van der Waals surface area contributed by atoms with E-state index in [1.807, 2.05) is 48.5 Å². The van der Waals surface area contributed by atoms with E-state index in [1.165, 1.54) is 0 Å². The average molecular weight is 419 g/mol. The lowest BCUT2D eigenvalue weighted by Gasteiger charge is -2.18. The fourth-order valence-corrected chi connectivity index (χ4v) is 3.75. The Labute approximate surface area is 180 Å². The first-order chi connectivity index (χ1) is 15.1. The number of methoxy groups -OCH3 is 1. The molecule has 160 valence electrons. The minimum atomic E-state index is -0.454. The Morgan fingerprint density at radius 1 is 1.13 bits per heavy atom. The number of fused-ring (bicyclic) bond motifs is 3. The Hall–Kier alpha value is -3.74. The Balaban J connectivity index is 1.58. The molecule has 0 spiro atoms. The number of nitrogens with zero attached hydrogens (tertiary/aromatic N) is 1. The van der Waals surface area contributed by atoms with Gasteiger partial charge in [-0.15, -0.1) is 0 Å². The molecule has 0 radical (unpaired) electrons. The van der Waals surface area contributed by atoms with Crippen LogP contribution in [0, 0.1) is 0 Å². The number of hydrogen-bond acceptors (Lipinski definition) is 4. The van der Waals surface area contributed by atoms with Gasteiger partial charge in [0.25, 0.3) is 0 Å². The van der Waals surface area contributed by atoms with Crippen LogP contribution in [0.1, 0.15) is 23.7 Å². The van der Waals surface area contributed by atoms with Crippen LogP contribution in [-0.2, 0) is 22.5 Å². The molecule has 1 aliphatic rings. The van der Waals surface area contributed by atoms with E-state index in [0.717, 1.165) is 27.8 Å². The second kappa shape index (κ2) is 8.95. The SMILES string of the molecule is CCOC(=O)C1=CN(C(=O)NCc2ccc(OC)cc2)CCc2c1[nH]c1ccccc21. The third kappa shape index (κ3) is 4.26. The molecule has 7 heteroatoms. The summed E-state index contributed by atoms with van der Waals surface area (Å²) in [5.41, 5.74) is 3.99. The van der Waals surface area contributed by atoms with Crippen molar-refractivity contribution in [3.05, 3.63) is 71.6 Å². The Kier molecular flexibility index (Phi) is 5.93. The largest absolute Gasteiger partial charge is 0.497 e. The smallest absolute Gasteiger partial charge is 0.341 e. The predicted molar refractivity (Wildman–Crippen MR) is 119 cm³/mol. The molecule has 2 N–H and O–H groups in total. The van der Waals surface area contributed by atoms with Gasteiger partial charge in [-0.1, -0.05) is 30.3 Å². The number of hydrogen-bond donors (Lipinski definition) is 2. The van der Waals surface area contributed by atoms with Gasteiger partial charge in [0.2, 0.25) is 0 Å². The van der Waals surface area contributed by atoms with Gasteiger partial charge in [-0.05, 0) is 42.7 Å². The summed E-state index contributed by atoms with van der Waals surface area (Å²) < 4.78 is 10.4. The van der Waals surface area contributed by atoms with Gasteiger partial charge < -0.3 is 19.8 Å². The molecular formula is C24H25N3O4. The van der Waals surface area contributed by atoms with E-state index in [-0.39, 0.29) is 12.6 Å². The standard InChI is InChI=1S/C24H25N3O4/c1-3-31-23(28)20-15-27(24(29)25-14-16-8-10-17(30-2)11-9-16)13-12-19-18-6-4-5-7-21(18)26-22(19)20/h4-11,15,26H,3,12-14H2,1-2H3,(H,25,29). The topological polar surface area (TPSA) is 83.7 Å². The van der Waals surface area contributed by atoms with Crippen molar-refractivity contribution in [1.29, 1.82) is 0 Å². The third-order valence-electron chi connectivity index (χ3n) is 5.33. The number of benzene rings is 2. The molecule has 2 aromatic carbocycles. The van der Waals surface area contributed by atoms with E-state index >= 15 is 0 Å². The number of urea groups is 1. The number of ether oxygens (including phenoxy) is 2. The van der Waals surface area contributed by atoms with Gasteiger partial charge in [0.1, 0.15) is 5.75 Å². The number of aromatic nitrogens is 1. The number of para-hydroxylation sites is 1. The zero-order chi connectivity index (χ0) is 21.8. The Morgan fingerprint density at radius 3 is 2.65 bits per heavy atom. The lowest BCUT2D eigenvalue weighted by atomic mass is 10.0. The quantitative estimate of drug-likeness (QED) is 0.616. The van der Waals surface area contributed by atoms with Gasteiger partial charge in [-0.3, -0.25) is 4.90 Å². The van der Waals surface area contributed by atoms with Crippen molar-refractivity contribution in [2.45, 2.75) is 19.9 Å². The van der Waals surface area contributed by atoms with Crippen LogP contribution in [0.5, 0.6) is 5.75 Å². The Morgan fingerprint density at radius 2 is 1.90 bits per heavy atom. The molecule has 3 aromatic rings. The molecule has 0 aliphatic carbocycles. The van der Waals surface area contributed by atoms with Gasteiger partial charge >= 0.3 is 12.0 Å². The number of amides is 2. The number of carbonyl (C=O) groups is 2. The number of aromatic amines is 1. The van der Waals surface area contributed by atoms with Crippen molar-refractivity contribution < 1.29 is 19.1 Å². The van der Waals surface area contributed by atoms with Gasteiger partial charge in [-0.25, -0.2) is 9.59 Å². The van der Waals surface area contributed by atoms with E-state index in [9.17, 15) is 9.59 Å². The predicted octanol–water partition coefficient (Wildman–Crippen LogP) is 3.85. The second-order valence-corrected chi connectivity index (χ2v) is 7.24. The van der Waals surface area contributed by atoms with Gasteiger partial charge in [-0.2, -0.15) is 0 Å². The lowest BCUT2D eigenvalue weighted by Crippen LogP contribution is -2.37. The molecule has 0 bridgehead atoms. The molecule has 1 aromatic heterocycles. The van der Waals surface area contributed by atoms with Crippen molar-refractivity contribution in [2.24, 2.45) is 0 Å². The van der Waals surface area contributed by atoms with E-state index in [0.29, 0.717) is 30.8 Å². The highest BCUT2D eigenvalue weighted by Crippen LogP contribution is 2.31. The molecular weight excluding hydrogens is 394 g/mol. The van der Waals surface area contributed by atoms with Crippen molar-refractivity contribution in [3.63, 3.8) is 0 Å². The van der Waals surface area contributed by atoms with Crippen LogP contribution in [0.15, 0.2) is 54.7 Å². The molecule has 0 fully saturated rings. The van der Waals surface area contributed by atoms with Crippen LogP contribution in [0.4, 0.5) is 4.79 Å². The van der Waals surface area contributed by atoms with E-state index in [2.05, 4.69) is 10.3 Å². The van der Waals surface area contributed by atoms with Crippen LogP contribution in [0.25, 0.3) is 16.5 Å². The minimum Gasteiger partial charge on any atom is -0.497 e. The zero-order valence-electron chi connectivity index (χ0n) is 17.6. The minimum absolute atomic E-state index is 0.259. The summed E-state index contributed by atoms with van der Waals surface area (Å²) in [6.45, 7) is 2.85. The fourth-order valence-electron chi connectivity index (χ4n) is 3.75. The van der Waals surface area contributed by atoms with Crippen LogP contribution < -0.4 is 10.1 Å². The molecule has 4 rings (SSSR count). The number of H-pyrrole nitrogens is 1. The number of carbonyl (C=O) groups excluding carboxylic acids is 2. The van der Waals surface area contributed by atoms with Gasteiger partial charge in [0.05, 0.1) is 25.0 Å². The van der Waals surface area contributed by atoms with Gasteiger partial charge in [0, 0.05) is 30.2 Å². The normalized spacial score (nSPS) is 13.2. The van der Waals surface area contributed by atoms with Crippen molar-refractivity contribution in [1.82, 2.24) is 15.2 Å². The number of nitrogens with one attached hydrogen (secondary N) is 2. The van der Waals surface area contributed by atoms with Crippen LogP contribution in [0.2, 0.25) is 0 Å². The zero-order valence-corrected chi connectivity index (χ0v) is 17.6. The van der Waals surface area contributed by atoms with Crippen LogP contribution >= 0.6 is 0 Å². The molecule has 31 heavy (non-hydrogen) atoms. The average Bonchev–Trinajstić information content (AvgIpc) is 3.05. The first-order valence-electron chi connectivity index (χ1n) is 10.3. The van der Waals surface area contributed by atoms with Gasteiger partial charge in [0.15, 0.2) is 0 Å². The molecule has 0 atom stereocenters. The number of rotatable bonds is 5. The highest BCUT2D eigenvalue weighted by atomic mass is 16.5. The number of esters is 1. The maximum atomic E-state index is 12.9. The van der Waals surface area contributed by atoms with E-state index < -0.39 is 5.97 Å². The fraction of sp³-hybridized carbons (Fsp3) is 0.250. The van der Waals surface area contributed by atoms with Crippen LogP contribution in [0.3, 0.4) is 0 Å². The molecule has 7 nitrogen and oxygen atoms in total. The highest BCUT2D eigenvalue weighted by Gasteiger charge is 2.27. The highest BCUT2D eigenvalue weighted by molar-refractivity contribution is 6.18. The summed E-state index contributed by atoms with van der Waals surface area (Å²) in [7, 11) is 1.61. The summed E-state index contributed by atoms with van der Waals surface area (Å²) in [5, 5.41) is 3.97. The third-order valence-corrected chi connectivity index (χ3v) is 5.33.